The number of carbonyl (C=O) groups is 1. The second-order valence-corrected chi connectivity index (χ2v) is 5.83. The average molecular weight is 243 g/mol. The SMILES string of the molecule is CC(C)(C)OC(=O)CCN1CCCC(CO)C1. The van der Waals surface area contributed by atoms with Gasteiger partial charge < -0.3 is 14.7 Å². The van der Waals surface area contributed by atoms with Gasteiger partial charge in [0.25, 0.3) is 0 Å². The minimum Gasteiger partial charge on any atom is -0.460 e. The van der Waals surface area contributed by atoms with Crippen molar-refractivity contribution >= 4 is 5.97 Å². The van der Waals surface area contributed by atoms with Crippen molar-refractivity contribution in [2.75, 3.05) is 26.2 Å². The monoisotopic (exact) mass is 243 g/mol. The molecule has 100 valence electrons. The zero-order chi connectivity index (χ0) is 12.9. The highest BCUT2D eigenvalue weighted by Crippen LogP contribution is 2.16. The number of aliphatic hydroxyl groups is 1. The summed E-state index contributed by atoms with van der Waals surface area (Å²) >= 11 is 0. The summed E-state index contributed by atoms with van der Waals surface area (Å²) in [6.07, 6.45) is 2.65. The summed E-state index contributed by atoms with van der Waals surface area (Å²) < 4.78 is 5.27. The van der Waals surface area contributed by atoms with E-state index in [2.05, 4.69) is 4.90 Å². The molecule has 0 radical (unpaired) electrons. The summed E-state index contributed by atoms with van der Waals surface area (Å²) in [5.41, 5.74) is -0.396. The van der Waals surface area contributed by atoms with E-state index >= 15 is 0 Å². The molecule has 1 atom stereocenters. The minimum absolute atomic E-state index is 0.136. The predicted molar refractivity (Wildman–Crippen MR) is 66.7 cm³/mol. The Kier molecular flexibility index (Phi) is 5.40. The van der Waals surface area contributed by atoms with Crippen LogP contribution in [0.5, 0.6) is 0 Å². The number of likely N-dealkylation sites (tertiary alicyclic amines) is 1. The van der Waals surface area contributed by atoms with Crippen molar-refractivity contribution < 1.29 is 14.6 Å². The first-order chi connectivity index (χ1) is 7.90. The van der Waals surface area contributed by atoms with Crippen molar-refractivity contribution in [1.29, 1.82) is 0 Å². The summed E-state index contributed by atoms with van der Waals surface area (Å²) in [6.45, 7) is 8.57. The number of hydrogen-bond acceptors (Lipinski definition) is 4. The van der Waals surface area contributed by atoms with Gasteiger partial charge in [0.05, 0.1) is 6.42 Å². The van der Waals surface area contributed by atoms with E-state index in [0.717, 1.165) is 32.5 Å². The fraction of sp³-hybridized carbons (Fsp3) is 0.923. The zero-order valence-corrected chi connectivity index (χ0v) is 11.2. The number of carbonyl (C=O) groups excluding carboxylic acids is 1. The molecule has 0 aromatic rings. The molecule has 1 heterocycles. The van der Waals surface area contributed by atoms with E-state index in [1.165, 1.54) is 0 Å². The van der Waals surface area contributed by atoms with Gasteiger partial charge in [-0.05, 0) is 46.1 Å². The highest BCUT2D eigenvalue weighted by molar-refractivity contribution is 5.70. The first-order valence-electron chi connectivity index (χ1n) is 6.46. The highest BCUT2D eigenvalue weighted by Gasteiger charge is 2.21. The molecule has 0 aromatic carbocycles. The Morgan fingerprint density at radius 1 is 1.47 bits per heavy atom. The van der Waals surface area contributed by atoms with Crippen LogP contribution < -0.4 is 0 Å². The van der Waals surface area contributed by atoms with Gasteiger partial charge in [0, 0.05) is 19.7 Å². The van der Waals surface area contributed by atoms with Gasteiger partial charge >= 0.3 is 5.97 Å². The average Bonchev–Trinajstić information content (AvgIpc) is 2.24. The topological polar surface area (TPSA) is 49.8 Å². The molecule has 4 nitrogen and oxygen atoms in total. The molecule has 1 N–H and O–H groups in total. The van der Waals surface area contributed by atoms with Crippen LogP contribution in [0, 0.1) is 5.92 Å². The van der Waals surface area contributed by atoms with Gasteiger partial charge in [0.15, 0.2) is 0 Å². The van der Waals surface area contributed by atoms with Gasteiger partial charge in [-0.25, -0.2) is 0 Å². The van der Waals surface area contributed by atoms with Crippen LogP contribution in [-0.4, -0.2) is 47.8 Å². The molecule has 17 heavy (non-hydrogen) atoms. The zero-order valence-electron chi connectivity index (χ0n) is 11.2. The molecule has 0 aliphatic carbocycles. The Bertz CT molecular complexity index is 248. The van der Waals surface area contributed by atoms with Gasteiger partial charge in [-0.2, -0.15) is 0 Å². The number of piperidine rings is 1. The second kappa shape index (κ2) is 6.36. The molecule has 0 bridgehead atoms. The number of rotatable bonds is 4. The molecular formula is C13H25NO3. The third-order valence-corrected chi connectivity index (χ3v) is 2.91. The Labute approximate surface area is 104 Å². The normalized spacial score (nSPS) is 22.5. The Morgan fingerprint density at radius 2 is 2.18 bits per heavy atom. The first kappa shape index (κ1) is 14.5. The predicted octanol–water partition coefficient (Wildman–Crippen LogP) is 1.42. The quantitative estimate of drug-likeness (QED) is 0.759. The Hall–Kier alpha value is -0.610. The number of aliphatic hydroxyl groups excluding tert-OH is 1. The maximum atomic E-state index is 11.6. The third kappa shape index (κ3) is 6.03. The van der Waals surface area contributed by atoms with Crippen LogP contribution in [0.4, 0.5) is 0 Å². The largest absolute Gasteiger partial charge is 0.460 e. The molecule has 1 aliphatic heterocycles. The summed E-state index contributed by atoms with van der Waals surface area (Å²) in [7, 11) is 0. The number of esters is 1. The fourth-order valence-electron chi connectivity index (χ4n) is 2.15. The van der Waals surface area contributed by atoms with Gasteiger partial charge in [-0.3, -0.25) is 4.79 Å². The summed E-state index contributed by atoms with van der Waals surface area (Å²) in [5, 5.41) is 9.12. The molecule has 1 rings (SSSR count). The van der Waals surface area contributed by atoms with Crippen LogP contribution in [0.2, 0.25) is 0 Å². The molecule has 4 heteroatoms. The lowest BCUT2D eigenvalue weighted by Crippen LogP contribution is -2.38. The number of nitrogens with zero attached hydrogens (tertiary/aromatic N) is 1. The van der Waals surface area contributed by atoms with Crippen LogP contribution in [0.15, 0.2) is 0 Å². The standard InChI is InChI=1S/C13H25NO3/c1-13(2,3)17-12(16)6-8-14-7-4-5-11(9-14)10-15/h11,15H,4-10H2,1-3H3. The lowest BCUT2D eigenvalue weighted by Gasteiger charge is -2.31. The molecule has 1 saturated heterocycles. The summed E-state index contributed by atoms with van der Waals surface area (Å²) in [5.74, 6) is 0.242. The van der Waals surface area contributed by atoms with E-state index in [-0.39, 0.29) is 12.6 Å². The van der Waals surface area contributed by atoms with E-state index < -0.39 is 5.60 Å². The van der Waals surface area contributed by atoms with E-state index in [0.29, 0.717) is 12.3 Å². The molecule has 1 unspecified atom stereocenters. The van der Waals surface area contributed by atoms with Crippen LogP contribution >= 0.6 is 0 Å². The van der Waals surface area contributed by atoms with Crippen molar-refractivity contribution in [3.8, 4) is 0 Å². The summed E-state index contributed by atoms with van der Waals surface area (Å²) in [6, 6.07) is 0. The maximum absolute atomic E-state index is 11.6. The van der Waals surface area contributed by atoms with Crippen molar-refractivity contribution in [2.45, 2.75) is 45.6 Å². The molecule has 0 saturated carbocycles. The third-order valence-electron chi connectivity index (χ3n) is 2.91. The van der Waals surface area contributed by atoms with Crippen LogP contribution in [0.25, 0.3) is 0 Å². The molecular weight excluding hydrogens is 218 g/mol. The van der Waals surface area contributed by atoms with Crippen molar-refractivity contribution in [3.63, 3.8) is 0 Å². The van der Waals surface area contributed by atoms with Crippen LogP contribution in [0.1, 0.15) is 40.0 Å². The van der Waals surface area contributed by atoms with Gasteiger partial charge in [-0.1, -0.05) is 0 Å². The van der Waals surface area contributed by atoms with E-state index in [9.17, 15) is 4.79 Å². The smallest absolute Gasteiger partial charge is 0.307 e. The molecule has 0 amide bonds. The van der Waals surface area contributed by atoms with Crippen molar-refractivity contribution in [2.24, 2.45) is 5.92 Å². The van der Waals surface area contributed by atoms with E-state index in [1.807, 2.05) is 20.8 Å². The number of hydrogen-bond donors (Lipinski definition) is 1. The van der Waals surface area contributed by atoms with Gasteiger partial charge in [0.1, 0.15) is 5.60 Å². The number of ether oxygens (including phenoxy) is 1. The maximum Gasteiger partial charge on any atom is 0.307 e. The van der Waals surface area contributed by atoms with Crippen molar-refractivity contribution in [3.05, 3.63) is 0 Å². The molecule has 0 aromatic heterocycles. The van der Waals surface area contributed by atoms with E-state index in [1.54, 1.807) is 0 Å². The lowest BCUT2D eigenvalue weighted by atomic mass is 9.99. The van der Waals surface area contributed by atoms with Crippen LogP contribution in [-0.2, 0) is 9.53 Å². The molecule has 1 fully saturated rings. The molecule has 0 spiro atoms. The fourth-order valence-corrected chi connectivity index (χ4v) is 2.15. The Morgan fingerprint density at radius 3 is 2.76 bits per heavy atom. The molecule has 1 aliphatic rings. The van der Waals surface area contributed by atoms with Gasteiger partial charge in [-0.15, -0.1) is 0 Å². The van der Waals surface area contributed by atoms with E-state index in [4.69, 9.17) is 9.84 Å². The highest BCUT2D eigenvalue weighted by atomic mass is 16.6. The Balaban J connectivity index is 2.23. The minimum atomic E-state index is -0.396. The van der Waals surface area contributed by atoms with Gasteiger partial charge in [0.2, 0.25) is 0 Å². The van der Waals surface area contributed by atoms with Crippen molar-refractivity contribution in [1.82, 2.24) is 4.90 Å². The lowest BCUT2D eigenvalue weighted by molar-refractivity contribution is -0.155. The summed E-state index contributed by atoms with van der Waals surface area (Å²) in [4.78, 5) is 13.8. The first-order valence-corrected chi connectivity index (χ1v) is 6.46. The van der Waals surface area contributed by atoms with Crippen LogP contribution in [0.3, 0.4) is 0 Å². The second-order valence-electron chi connectivity index (χ2n) is 5.83.